The molecule has 0 aliphatic rings. The van der Waals surface area contributed by atoms with E-state index in [-0.39, 0.29) is 18.2 Å². The molecule has 7 heteroatoms. The molecular formula is C20H24N2O5. The van der Waals surface area contributed by atoms with Gasteiger partial charge in [0.2, 0.25) is 5.91 Å². The van der Waals surface area contributed by atoms with E-state index in [1.54, 1.807) is 45.5 Å². The summed E-state index contributed by atoms with van der Waals surface area (Å²) in [4.78, 5) is 26.4. The molecule has 7 nitrogen and oxygen atoms in total. The van der Waals surface area contributed by atoms with Crippen molar-refractivity contribution in [2.75, 3.05) is 40.7 Å². The van der Waals surface area contributed by atoms with Gasteiger partial charge in [-0.05, 0) is 23.8 Å². The molecule has 0 aliphatic carbocycles. The Labute approximate surface area is 158 Å². The molecule has 0 fully saturated rings. The lowest BCUT2D eigenvalue weighted by atomic mass is 10.1. The largest absolute Gasteiger partial charge is 0.497 e. The SMILES string of the molecule is COc1ccc(CC(=O)Nc2cc(OC)c(OC)cc2C(=O)N(C)C)cc1. The van der Waals surface area contributed by atoms with E-state index < -0.39 is 0 Å². The van der Waals surface area contributed by atoms with Crippen molar-refractivity contribution in [3.63, 3.8) is 0 Å². The number of carbonyl (C=O) groups excluding carboxylic acids is 2. The highest BCUT2D eigenvalue weighted by molar-refractivity contribution is 6.04. The molecular weight excluding hydrogens is 348 g/mol. The van der Waals surface area contributed by atoms with Crippen LogP contribution in [0.2, 0.25) is 0 Å². The Morgan fingerprint density at radius 3 is 2.04 bits per heavy atom. The topological polar surface area (TPSA) is 77.1 Å². The molecule has 27 heavy (non-hydrogen) atoms. The van der Waals surface area contributed by atoms with E-state index in [1.165, 1.54) is 19.1 Å². The summed E-state index contributed by atoms with van der Waals surface area (Å²) in [6, 6.07) is 10.4. The lowest BCUT2D eigenvalue weighted by Gasteiger charge is -2.18. The number of amides is 2. The summed E-state index contributed by atoms with van der Waals surface area (Å²) in [5, 5.41) is 2.80. The van der Waals surface area contributed by atoms with Gasteiger partial charge in [0, 0.05) is 20.2 Å². The first-order chi connectivity index (χ1) is 12.9. The van der Waals surface area contributed by atoms with Gasteiger partial charge in [-0.25, -0.2) is 0 Å². The molecule has 0 spiro atoms. The molecule has 2 amide bonds. The average Bonchev–Trinajstić information content (AvgIpc) is 2.67. The molecule has 0 aliphatic heterocycles. The van der Waals surface area contributed by atoms with Crippen LogP contribution in [-0.2, 0) is 11.2 Å². The number of methoxy groups -OCH3 is 3. The maximum atomic E-state index is 12.5. The second kappa shape index (κ2) is 8.93. The van der Waals surface area contributed by atoms with Crippen molar-refractivity contribution in [1.29, 1.82) is 0 Å². The zero-order chi connectivity index (χ0) is 20.0. The van der Waals surface area contributed by atoms with Gasteiger partial charge in [-0.1, -0.05) is 12.1 Å². The molecule has 0 radical (unpaired) electrons. The first kappa shape index (κ1) is 20.1. The molecule has 144 valence electrons. The van der Waals surface area contributed by atoms with Crippen molar-refractivity contribution >= 4 is 17.5 Å². The van der Waals surface area contributed by atoms with Crippen LogP contribution >= 0.6 is 0 Å². The maximum Gasteiger partial charge on any atom is 0.255 e. The van der Waals surface area contributed by atoms with Crippen LogP contribution in [0.4, 0.5) is 5.69 Å². The predicted molar refractivity (Wildman–Crippen MR) is 103 cm³/mol. The third-order valence-corrected chi connectivity index (χ3v) is 3.96. The van der Waals surface area contributed by atoms with E-state index in [2.05, 4.69) is 5.32 Å². The van der Waals surface area contributed by atoms with E-state index in [0.717, 1.165) is 11.3 Å². The molecule has 2 aromatic carbocycles. The predicted octanol–water partition coefficient (Wildman–Crippen LogP) is 2.60. The molecule has 2 rings (SSSR count). The average molecular weight is 372 g/mol. The number of anilines is 1. The number of hydrogen-bond acceptors (Lipinski definition) is 5. The van der Waals surface area contributed by atoms with Crippen molar-refractivity contribution in [2.45, 2.75) is 6.42 Å². The minimum Gasteiger partial charge on any atom is -0.497 e. The Morgan fingerprint density at radius 2 is 1.52 bits per heavy atom. The molecule has 0 aromatic heterocycles. The van der Waals surface area contributed by atoms with E-state index in [4.69, 9.17) is 14.2 Å². The first-order valence-electron chi connectivity index (χ1n) is 8.30. The van der Waals surface area contributed by atoms with E-state index >= 15 is 0 Å². The van der Waals surface area contributed by atoms with Gasteiger partial charge in [0.25, 0.3) is 5.91 Å². The van der Waals surface area contributed by atoms with Crippen LogP contribution in [-0.4, -0.2) is 52.1 Å². The molecule has 0 unspecified atom stereocenters. The zero-order valence-electron chi connectivity index (χ0n) is 16.2. The van der Waals surface area contributed by atoms with Crippen LogP contribution < -0.4 is 19.5 Å². The minimum atomic E-state index is -0.254. The fourth-order valence-electron chi connectivity index (χ4n) is 2.52. The van der Waals surface area contributed by atoms with Crippen molar-refractivity contribution in [1.82, 2.24) is 4.90 Å². The normalized spacial score (nSPS) is 10.1. The molecule has 0 saturated heterocycles. The number of benzene rings is 2. The van der Waals surface area contributed by atoms with E-state index in [1.807, 2.05) is 12.1 Å². The second-order valence-electron chi connectivity index (χ2n) is 6.03. The van der Waals surface area contributed by atoms with Crippen LogP contribution in [0.1, 0.15) is 15.9 Å². The van der Waals surface area contributed by atoms with Gasteiger partial charge in [-0.2, -0.15) is 0 Å². The monoisotopic (exact) mass is 372 g/mol. The fourth-order valence-corrected chi connectivity index (χ4v) is 2.52. The van der Waals surface area contributed by atoms with Gasteiger partial charge in [-0.3, -0.25) is 9.59 Å². The standard InChI is InChI=1S/C20H24N2O5/c1-22(2)20(24)15-11-17(26-4)18(27-5)12-16(15)21-19(23)10-13-6-8-14(25-3)9-7-13/h6-9,11-12H,10H2,1-5H3,(H,21,23). The van der Waals surface area contributed by atoms with Gasteiger partial charge >= 0.3 is 0 Å². The third-order valence-electron chi connectivity index (χ3n) is 3.96. The highest BCUT2D eigenvalue weighted by atomic mass is 16.5. The summed E-state index contributed by atoms with van der Waals surface area (Å²) in [5.41, 5.74) is 1.51. The molecule has 1 N–H and O–H groups in total. The minimum absolute atomic E-state index is 0.161. The summed E-state index contributed by atoms with van der Waals surface area (Å²) in [6.45, 7) is 0. The highest BCUT2D eigenvalue weighted by Crippen LogP contribution is 2.34. The van der Waals surface area contributed by atoms with Gasteiger partial charge in [0.05, 0.1) is 39.0 Å². The van der Waals surface area contributed by atoms with Crippen LogP contribution in [0.3, 0.4) is 0 Å². The lowest BCUT2D eigenvalue weighted by molar-refractivity contribution is -0.115. The number of carbonyl (C=O) groups is 2. The van der Waals surface area contributed by atoms with Crippen LogP contribution in [0, 0.1) is 0 Å². The number of ether oxygens (including phenoxy) is 3. The smallest absolute Gasteiger partial charge is 0.255 e. The van der Waals surface area contributed by atoms with E-state index in [9.17, 15) is 9.59 Å². The number of nitrogens with one attached hydrogen (secondary N) is 1. The van der Waals surface area contributed by atoms with Crippen LogP contribution in [0.15, 0.2) is 36.4 Å². The Kier molecular flexibility index (Phi) is 6.65. The second-order valence-corrected chi connectivity index (χ2v) is 6.03. The van der Waals surface area contributed by atoms with Crippen molar-refractivity contribution in [2.24, 2.45) is 0 Å². The van der Waals surface area contributed by atoms with Gasteiger partial charge in [0.15, 0.2) is 11.5 Å². The quantitative estimate of drug-likeness (QED) is 0.808. The summed E-state index contributed by atoms with van der Waals surface area (Å²) in [7, 11) is 7.85. The Hall–Kier alpha value is -3.22. The third kappa shape index (κ3) is 4.91. The van der Waals surface area contributed by atoms with Crippen LogP contribution in [0.5, 0.6) is 17.2 Å². The number of nitrogens with zero attached hydrogens (tertiary/aromatic N) is 1. The Balaban J connectivity index is 2.28. The molecule has 2 aromatic rings. The van der Waals surface area contributed by atoms with Gasteiger partial charge < -0.3 is 24.4 Å². The zero-order valence-corrected chi connectivity index (χ0v) is 16.2. The molecule has 0 heterocycles. The number of rotatable bonds is 7. The number of hydrogen-bond donors (Lipinski definition) is 1. The van der Waals surface area contributed by atoms with Crippen LogP contribution in [0.25, 0.3) is 0 Å². The highest BCUT2D eigenvalue weighted by Gasteiger charge is 2.20. The van der Waals surface area contributed by atoms with E-state index in [0.29, 0.717) is 22.7 Å². The molecule has 0 atom stereocenters. The van der Waals surface area contributed by atoms with Crippen molar-refractivity contribution < 1.29 is 23.8 Å². The molecule has 0 bridgehead atoms. The Bertz CT molecular complexity index is 816. The first-order valence-corrected chi connectivity index (χ1v) is 8.30. The maximum absolute atomic E-state index is 12.5. The summed E-state index contributed by atoms with van der Waals surface area (Å²) >= 11 is 0. The summed E-state index contributed by atoms with van der Waals surface area (Å²) in [5.74, 6) is 1.05. The summed E-state index contributed by atoms with van der Waals surface area (Å²) in [6.07, 6.45) is 0.161. The lowest BCUT2D eigenvalue weighted by Crippen LogP contribution is -2.24. The Morgan fingerprint density at radius 1 is 0.926 bits per heavy atom. The molecule has 0 saturated carbocycles. The van der Waals surface area contributed by atoms with Crippen molar-refractivity contribution in [3.05, 3.63) is 47.5 Å². The van der Waals surface area contributed by atoms with Crippen molar-refractivity contribution in [3.8, 4) is 17.2 Å². The summed E-state index contributed by atoms with van der Waals surface area (Å²) < 4.78 is 15.7. The van der Waals surface area contributed by atoms with Gasteiger partial charge in [-0.15, -0.1) is 0 Å². The van der Waals surface area contributed by atoms with Gasteiger partial charge in [0.1, 0.15) is 5.75 Å². The fraction of sp³-hybridized carbons (Fsp3) is 0.300.